The Morgan fingerprint density at radius 1 is 1.00 bits per heavy atom. The highest BCUT2D eigenvalue weighted by atomic mass is 35.5. The average molecular weight is 294 g/mol. The van der Waals surface area contributed by atoms with Crippen molar-refractivity contribution in [3.63, 3.8) is 0 Å². The van der Waals surface area contributed by atoms with E-state index in [2.05, 4.69) is 5.32 Å². The molecule has 0 amide bonds. The Morgan fingerprint density at radius 2 is 1.70 bits per heavy atom. The van der Waals surface area contributed by atoms with Crippen LogP contribution in [0.4, 0.5) is 4.39 Å². The third kappa shape index (κ3) is 5.19. The Labute approximate surface area is 123 Å². The molecule has 2 aromatic carbocycles. The van der Waals surface area contributed by atoms with Crippen LogP contribution in [0.15, 0.2) is 48.5 Å². The van der Waals surface area contributed by atoms with Gasteiger partial charge in [0.05, 0.1) is 6.61 Å². The number of ether oxygens (including phenoxy) is 1. The largest absolute Gasteiger partial charge is 0.494 e. The molecule has 1 N–H and O–H groups in total. The van der Waals surface area contributed by atoms with Crippen molar-refractivity contribution in [2.45, 2.75) is 13.0 Å². The highest BCUT2D eigenvalue weighted by Crippen LogP contribution is 2.15. The lowest BCUT2D eigenvalue weighted by atomic mass is 10.2. The molecule has 0 bridgehead atoms. The molecule has 2 aromatic rings. The van der Waals surface area contributed by atoms with E-state index in [1.807, 2.05) is 24.3 Å². The molecule has 4 heteroatoms. The van der Waals surface area contributed by atoms with Crippen molar-refractivity contribution < 1.29 is 9.13 Å². The summed E-state index contributed by atoms with van der Waals surface area (Å²) in [6, 6.07) is 13.8. The minimum absolute atomic E-state index is 0.204. The van der Waals surface area contributed by atoms with Crippen molar-refractivity contribution in [2.75, 3.05) is 13.2 Å². The van der Waals surface area contributed by atoms with Gasteiger partial charge in [-0.25, -0.2) is 4.39 Å². The summed E-state index contributed by atoms with van der Waals surface area (Å²) in [5.41, 5.74) is 1.07. The first-order chi connectivity index (χ1) is 9.74. The topological polar surface area (TPSA) is 21.3 Å². The van der Waals surface area contributed by atoms with Crippen molar-refractivity contribution in [2.24, 2.45) is 0 Å². The number of nitrogens with one attached hydrogen (secondary N) is 1. The molecule has 2 nitrogen and oxygen atoms in total. The second-order valence-electron chi connectivity index (χ2n) is 4.46. The van der Waals surface area contributed by atoms with Crippen LogP contribution in [-0.2, 0) is 6.54 Å². The van der Waals surface area contributed by atoms with E-state index in [0.717, 1.165) is 30.8 Å². The van der Waals surface area contributed by atoms with E-state index in [1.54, 1.807) is 12.1 Å². The normalized spacial score (nSPS) is 10.5. The summed E-state index contributed by atoms with van der Waals surface area (Å²) in [6.45, 7) is 2.24. The van der Waals surface area contributed by atoms with E-state index >= 15 is 0 Å². The van der Waals surface area contributed by atoms with Crippen LogP contribution in [0.1, 0.15) is 12.0 Å². The zero-order chi connectivity index (χ0) is 14.2. The first kappa shape index (κ1) is 14.8. The Hall–Kier alpha value is -1.58. The number of rotatable bonds is 7. The fourth-order valence-electron chi connectivity index (χ4n) is 1.75. The monoisotopic (exact) mass is 293 g/mol. The van der Waals surface area contributed by atoms with Crippen molar-refractivity contribution in [1.82, 2.24) is 5.32 Å². The van der Waals surface area contributed by atoms with Crippen LogP contribution in [0.25, 0.3) is 0 Å². The first-order valence-electron chi connectivity index (χ1n) is 6.57. The van der Waals surface area contributed by atoms with Crippen molar-refractivity contribution in [3.05, 3.63) is 64.9 Å². The molecule has 0 aliphatic heterocycles. The quantitative estimate of drug-likeness (QED) is 0.778. The first-order valence-corrected chi connectivity index (χ1v) is 6.95. The zero-order valence-corrected chi connectivity index (χ0v) is 11.9. The predicted molar refractivity (Wildman–Crippen MR) is 79.7 cm³/mol. The molecule has 20 heavy (non-hydrogen) atoms. The summed E-state index contributed by atoms with van der Waals surface area (Å²) in [5, 5.41) is 4.00. The molecule has 0 atom stereocenters. The highest BCUT2D eigenvalue weighted by molar-refractivity contribution is 6.30. The van der Waals surface area contributed by atoms with Crippen LogP contribution in [0.5, 0.6) is 5.75 Å². The lowest BCUT2D eigenvalue weighted by Gasteiger charge is -2.07. The third-order valence-electron chi connectivity index (χ3n) is 2.82. The molecule has 0 unspecified atom stereocenters. The maximum Gasteiger partial charge on any atom is 0.123 e. The number of halogens is 2. The molecule has 0 spiro atoms. The van der Waals surface area contributed by atoms with E-state index in [9.17, 15) is 4.39 Å². The fraction of sp³-hybridized carbons (Fsp3) is 0.250. The molecule has 0 aliphatic rings. The summed E-state index contributed by atoms with van der Waals surface area (Å²) in [6.07, 6.45) is 0.907. The Morgan fingerprint density at radius 3 is 2.40 bits per heavy atom. The summed E-state index contributed by atoms with van der Waals surface area (Å²) >= 11 is 5.79. The predicted octanol–water partition coefficient (Wildman–Crippen LogP) is 4.04. The third-order valence-corrected chi connectivity index (χ3v) is 3.07. The van der Waals surface area contributed by atoms with Crippen LogP contribution in [-0.4, -0.2) is 13.2 Å². The molecule has 0 radical (unpaired) electrons. The van der Waals surface area contributed by atoms with E-state index in [1.165, 1.54) is 12.1 Å². The summed E-state index contributed by atoms with van der Waals surface area (Å²) in [5.74, 6) is 0.623. The van der Waals surface area contributed by atoms with Crippen LogP contribution >= 0.6 is 11.6 Å². The Kier molecular flexibility index (Phi) is 5.84. The van der Waals surface area contributed by atoms with E-state index in [0.29, 0.717) is 11.6 Å². The highest BCUT2D eigenvalue weighted by Gasteiger charge is 1.96. The van der Waals surface area contributed by atoms with Crippen molar-refractivity contribution >= 4 is 11.6 Å². The van der Waals surface area contributed by atoms with Gasteiger partial charge in [0.25, 0.3) is 0 Å². The summed E-state index contributed by atoms with van der Waals surface area (Å²) in [4.78, 5) is 0. The molecular weight excluding hydrogens is 277 g/mol. The molecule has 0 saturated heterocycles. The number of benzene rings is 2. The van der Waals surface area contributed by atoms with Crippen molar-refractivity contribution in [3.8, 4) is 5.75 Å². The molecule has 2 rings (SSSR count). The van der Waals surface area contributed by atoms with Gasteiger partial charge in [0.2, 0.25) is 0 Å². The standard InChI is InChI=1S/C16H17ClFNO/c17-14-4-8-16(9-5-14)20-11-1-10-19-12-13-2-6-15(18)7-3-13/h2-9,19H,1,10-12H2. The summed E-state index contributed by atoms with van der Waals surface area (Å²) in [7, 11) is 0. The minimum Gasteiger partial charge on any atom is -0.494 e. The lowest BCUT2D eigenvalue weighted by Crippen LogP contribution is -2.17. The second-order valence-corrected chi connectivity index (χ2v) is 4.90. The molecule has 0 heterocycles. The smallest absolute Gasteiger partial charge is 0.123 e. The van der Waals surface area contributed by atoms with Gasteiger partial charge in [-0.05, 0) is 54.9 Å². The van der Waals surface area contributed by atoms with Gasteiger partial charge in [-0.3, -0.25) is 0 Å². The maximum atomic E-state index is 12.7. The van der Waals surface area contributed by atoms with Crippen LogP contribution in [0, 0.1) is 5.82 Å². The van der Waals surface area contributed by atoms with Gasteiger partial charge >= 0.3 is 0 Å². The van der Waals surface area contributed by atoms with Gasteiger partial charge in [-0.15, -0.1) is 0 Å². The molecular formula is C16H17ClFNO. The maximum absolute atomic E-state index is 12.7. The van der Waals surface area contributed by atoms with E-state index in [4.69, 9.17) is 16.3 Å². The summed E-state index contributed by atoms with van der Waals surface area (Å²) < 4.78 is 18.3. The van der Waals surface area contributed by atoms with Gasteiger partial charge < -0.3 is 10.1 Å². The zero-order valence-electron chi connectivity index (χ0n) is 11.1. The molecule has 0 aromatic heterocycles. The molecule has 106 valence electrons. The fourth-order valence-corrected chi connectivity index (χ4v) is 1.88. The second kappa shape index (κ2) is 7.88. The Bertz CT molecular complexity index is 464. The minimum atomic E-state index is -0.204. The Balaban J connectivity index is 1.57. The van der Waals surface area contributed by atoms with Crippen LogP contribution in [0.2, 0.25) is 5.02 Å². The average Bonchev–Trinajstić information content (AvgIpc) is 2.46. The van der Waals surface area contributed by atoms with Crippen molar-refractivity contribution in [1.29, 1.82) is 0 Å². The molecule has 0 saturated carbocycles. The van der Waals surface area contributed by atoms with Gasteiger partial charge in [0, 0.05) is 11.6 Å². The van der Waals surface area contributed by atoms with E-state index < -0.39 is 0 Å². The van der Waals surface area contributed by atoms with Crippen LogP contribution < -0.4 is 10.1 Å². The number of hydrogen-bond donors (Lipinski definition) is 1. The molecule has 0 fully saturated rings. The van der Waals surface area contributed by atoms with Gasteiger partial charge in [0.15, 0.2) is 0 Å². The lowest BCUT2D eigenvalue weighted by molar-refractivity contribution is 0.308. The van der Waals surface area contributed by atoms with E-state index in [-0.39, 0.29) is 5.82 Å². The van der Waals surface area contributed by atoms with Gasteiger partial charge in [-0.1, -0.05) is 23.7 Å². The SMILES string of the molecule is Fc1ccc(CNCCCOc2ccc(Cl)cc2)cc1. The van der Waals surface area contributed by atoms with Crippen LogP contribution in [0.3, 0.4) is 0 Å². The number of hydrogen-bond acceptors (Lipinski definition) is 2. The van der Waals surface area contributed by atoms with Gasteiger partial charge in [-0.2, -0.15) is 0 Å². The van der Waals surface area contributed by atoms with Gasteiger partial charge in [0.1, 0.15) is 11.6 Å². The molecule has 0 aliphatic carbocycles.